The maximum atomic E-state index is 10.0. The molecule has 0 atom stereocenters. The first kappa shape index (κ1) is 28.3. The maximum absolute atomic E-state index is 10.0. The molecule has 0 aromatic rings. The molecule has 0 heterocycles. The summed E-state index contributed by atoms with van der Waals surface area (Å²) in [5, 5.41) is 25.0. The molecule has 0 unspecified atom stereocenters. The summed E-state index contributed by atoms with van der Waals surface area (Å²) in [7, 11) is 0. The van der Waals surface area contributed by atoms with Gasteiger partial charge in [0, 0.05) is 39.2 Å². The number of hydrogen-bond acceptors (Lipinski definition) is 6. The average Bonchev–Trinajstić information content (AvgIpc) is 2.10. The summed E-state index contributed by atoms with van der Waals surface area (Å²) in [5.41, 5.74) is 0. The fourth-order valence-electron chi connectivity index (χ4n) is 0.823. The van der Waals surface area contributed by atoms with E-state index in [4.69, 9.17) is 15.3 Å². The molecule has 0 fully saturated rings. The van der Waals surface area contributed by atoms with Crippen molar-refractivity contribution in [2.75, 3.05) is 0 Å². The van der Waals surface area contributed by atoms with Gasteiger partial charge in [-0.15, -0.1) is 0 Å². The van der Waals surface area contributed by atoms with Crippen molar-refractivity contribution in [3.8, 4) is 0 Å². The van der Waals surface area contributed by atoms with Crippen molar-refractivity contribution in [3.63, 3.8) is 0 Å². The fourth-order valence-corrected chi connectivity index (χ4v) is 0.823. The van der Waals surface area contributed by atoms with Crippen LogP contribution in [-0.4, -0.2) is 32.7 Å². The van der Waals surface area contributed by atoms with Crippen LogP contribution < -0.4 is 0 Å². The summed E-state index contributed by atoms with van der Waals surface area (Å²) >= 11 is 0. The SMILES string of the molecule is C=C(O)[CH+]C(C)=O.CC(=O)/C=C(/C)O.CC(=O)/C=C(/C)O.[Ir]. The van der Waals surface area contributed by atoms with Gasteiger partial charge >= 0.3 is 0 Å². The molecule has 0 aliphatic rings. The summed E-state index contributed by atoms with van der Waals surface area (Å²) in [5.74, 6) is -0.500. The second kappa shape index (κ2) is 17.2. The van der Waals surface area contributed by atoms with Gasteiger partial charge in [0.05, 0.1) is 18.1 Å². The van der Waals surface area contributed by atoms with E-state index in [2.05, 4.69) is 6.58 Å². The molecule has 0 amide bonds. The molecule has 0 aliphatic carbocycles. The Balaban J connectivity index is -0.000000108. The molecule has 0 saturated carbocycles. The Kier molecular flexibility index (Phi) is 22.2. The number of aliphatic hydroxyl groups is 3. The van der Waals surface area contributed by atoms with Crippen LogP contribution in [0.5, 0.6) is 0 Å². The van der Waals surface area contributed by atoms with Gasteiger partial charge in [-0.2, -0.15) is 0 Å². The van der Waals surface area contributed by atoms with Crippen LogP contribution in [0, 0.1) is 6.42 Å². The molecule has 0 aromatic heterocycles. The third kappa shape index (κ3) is 51.8. The second-order valence-electron chi connectivity index (χ2n) is 4.04. The number of carbonyl (C=O) groups is 3. The second-order valence-corrected chi connectivity index (χ2v) is 4.04. The molecule has 0 bridgehead atoms. The third-order valence-corrected chi connectivity index (χ3v) is 1.19. The Bertz CT molecular complexity index is 387. The number of rotatable bonds is 4. The van der Waals surface area contributed by atoms with Gasteiger partial charge in [0.15, 0.2) is 18.0 Å². The number of Topliss-reactive ketones (excluding diaryl/α,β-unsaturated/α-hetero) is 1. The van der Waals surface area contributed by atoms with Crippen LogP contribution in [0.2, 0.25) is 0 Å². The number of carbonyl (C=O) groups excluding carboxylic acids is 3. The summed E-state index contributed by atoms with van der Waals surface area (Å²) in [4.78, 5) is 30.0. The molecule has 6 nitrogen and oxygen atoms in total. The molecular weight excluding hydrogens is 468 g/mol. The van der Waals surface area contributed by atoms with Crippen molar-refractivity contribution in [1.82, 2.24) is 0 Å². The Morgan fingerprint density at radius 2 is 1.09 bits per heavy atom. The van der Waals surface area contributed by atoms with Crippen molar-refractivity contribution >= 4 is 17.3 Å². The van der Waals surface area contributed by atoms with E-state index in [0.717, 1.165) is 6.42 Å². The van der Waals surface area contributed by atoms with Crippen molar-refractivity contribution in [2.24, 2.45) is 0 Å². The molecule has 127 valence electrons. The molecule has 3 N–H and O–H groups in total. The smallest absolute Gasteiger partial charge is 0.278 e. The van der Waals surface area contributed by atoms with Crippen LogP contribution in [-0.2, 0) is 34.5 Å². The predicted molar refractivity (Wildman–Crippen MR) is 80.9 cm³/mol. The monoisotopic (exact) mass is 492 g/mol. The summed E-state index contributed by atoms with van der Waals surface area (Å²) < 4.78 is 0. The zero-order valence-corrected chi connectivity index (χ0v) is 15.7. The van der Waals surface area contributed by atoms with Gasteiger partial charge in [0.2, 0.25) is 5.78 Å². The van der Waals surface area contributed by atoms with Crippen molar-refractivity contribution in [1.29, 1.82) is 0 Å². The van der Waals surface area contributed by atoms with Crippen molar-refractivity contribution in [2.45, 2.75) is 34.6 Å². The Hall–Kier alpha value is -1.85. The first-order valence-electron chi connectivity index (χ1n) is 5.87. The van der Waals surface area contributed by atoms with E-state index in [9.17, 15) is 14.4 Å². The standard InChI is InChI=1S/2C5H8O2.C5H6O2.Ir/c3*1-4(6)3-5(2)7;/h2*3,6H,1-2H3;3H,1H2,2H3;/p+1/b2*4-3-;;. The number of aliphatic hydroxyl groups excluding tert-OH is 3. The Morgan fingerprint density at radius 1 is 0.818 bits per heavy atom. The molecule has 7 heteroatoms. The fraction of sp³-hybridized carbons (Fsp3) is 0.333. The van der Waals surface area contributed by atoms with Gasteiger partial charge in [0.1, 0.15) is 0 Å². The largest absolute Gasteiger partial charge is 0.512 e. The van der Waals surface area contributed by atoms with Crippen molar-refractivity contribution in [3.05, 3.63) is 42.4 Å². The van der Waals surface area contributed by atoms with E-state index in [0.29, 0.717) is 0 Å². The quantitative estimate of drug-likeness (QED) is 0.317. The first-order chi connectivity index (χ1) is 9.38. The van der Waals surface area contributed by atoms with E-state index in [1.807, 2.05) is 0 Å². The Labute approximate surface area is 144 Å². The van der Waals surface area contributed by atoms with Gasteiger partial charge in [-0.25, -0.2) is 0 Å². The zero-order chi connectivity index (χ0) is 17.6. The molecule has 0 saturated heterocycles. The topological polar surface area (TPSA) is 112 Å². The van der Waals surface area contributed by atoms with Crippen LogP contribution >= 0.6 is 0 Å². The number of allylic oxidation sites excluding steroid dienone is 5. The van der Waals surface area contributed by atoms with Gasteiger partial charge in [-0.1, -0.05) is 0 Å². The first-order valence-corrected chi connectivity index (χ1v) is 5.87. The third-order valence-electron chi connectivity index (χ3n) is 1.19. The summed E-state index contributed by atoms with van der Waals surface area (Å²) in [6, 6.07) is 0. The minimum absolute atomic E-state index is 0. The molecule has 0 spiro atoms. The molecular formula is C15H23IrO6+. The van der Waals surface area contributed by atoms with Gasteiger partial charge in [-0.3, -0.25) is 14.4 Å². The van der Waals surface area contributed by atoms with Crippen molar-refractivity contribution < 1.29 is 49.8 Å². The summed E-state index contributed by atoms with van der Waals surface area (Å²) in [6.07, 6.45) is 3.39. The number of ketones is 3. The molecule has 0 aliphatic heterocycles. The van der Waals surface area contributed by atoms with E-state index < -0.39 is 0 Å². The molecule has 1 radical (unpaired) electrons. The minimum Gasteiger partial charge on any atom is -0.512 e. The molecule has 0 aromatic carbocycles. The molecule has 22 heavy (non-hydrogen) atoms. The van der Waals surface area contributed by atoms with E-state index in [-0.39, 0.29) is 54.7 Å². The van der Waals surface area contributed by atoms with Crippen LogP contribution in [0.1, 0.15) is 34.6 Å². The zero-order valence-electron chi connectivity index (χ0n) is 13.3. The van der Waals surface area contributed by atoms with E-state index in [1.54, 1.807) is 0 Å². The van der Waals surface area contributed by atoms with Gasteiger partial charge in [0.25, 0.3) is 5.76 Å². The average molecular weight is 492 g/mol. The molecule has 0 rings (SSSR count). The Morgan fingerprint density at radius 3 is 1.09 bits per heavy atom. The maximum Gasteiger partial charge on any atom is 0.278 e. The van der Waals surface area contributed by atoms with Crippen LogP contribution in [0.25, 0.3) is 0 Å². The normalized spacial score (nSPS) is 9.68. The minimum atomic E-state index is -0.187. The van der Waals surface area contributed by atoms with Crippen LogP contribution in [0.15, 0.2) is 36.0 Å². The van der Waals surface area contributed by atoms with E-state index in [1.165, 1.54) is 46.8 Å². The predicted octanol–water partition coefficient (Wildman–Crippen LogP) is 2.92. The van der Waals surface area contributed by atoms with Crippen LogP contribution in [0.3, 0.4) is 0 Å². The van der Waals surface area contributed by atoms with Gasteiger partial charge in [-0.05, 0) is 27.7 Å². The van der Waals surface area contributed by atoms with Crippen LogP contribution in [0.4, 0.5) is 0 Å². The number of hydrogen-bond donors (Lipinski definition) is 3. The van der Waals surface area contributed by atoms with E-state index >= 15 is 0 Å². The van der Waals surface area contributed by atoms with Gasteiger partial charge < -0.3 is 15.3 Å². The summed E-state index contributed by atoms with van der Waals surface area (Å²) in [6.45, 7) is 10.1.